The lowest BCUT2D eigenvalue weighted by atomic mass is 10.1. The van der Waals surface area contributed by atoms with Gasteiger partial charge in [0.05, 0.1) is 23.4 Å². The van der Waals surface area contributed by atoms with Crippen molar-refractivity contribution in [1.29, 1.82) is 0 Å². The number of hydrogen-bond donors (Lipinski definition) is 1. The van der Waals surface area contributed by atoms with Crippen LogP contribution in [0.1, 0.15) is 33.8 Å². The van der Waals surface area contributed by atoms with Crippen molar-refractivity contribution in [2.24, 2.45) is 0 Å². The molecule has 7 nitrogen and oxygen atoms in total. The number of carbonyl (C=O) groups excluding carboxylic acids is 1. The molecule has 0 fully saturated rings. The van der Waals surface area contributed by atoms with Gasteiger partial charge in [-0.05, 0) is 61.4 Å². The fourth-order valence-corrected chi connectivity index (χ4v) is 3.40. The molecule has 0 aliphatic rings. The van der Waals surface area contributed by atoms with E-state index in [9.17, 15) is 4.79 Å². The Morgan fingerprint density at radius 1 is 0.912 bits per heavy atom. The Labute approximate surface area is 198 Å². The summed E-state index contributed by atoms with van der Waals surface area (Å²) >= 11 is 0. The smallest absolute Gasteiger partial charge is 0.224 e. The number of aryl methyl sites for hydroxylation is 2. The second kappa shape index (κ2) is 11.1. The largest absolute Gasteiger partial charge is 0.489 e. The zero-order chi connectivity index (χ0) is 23.8. The standard InChI is InChI=1S/C27H27N3O4/c1-19-26(20(2)34-30-19)18-33-24-11-9-21(10-12-24)15-27(31)29-16-22-6-5-8-25(14-22)32-17-23-7-3-4-13-28-23/h3-14H,15-18H2,1-2H3,(H,29,31). The number of carbonyl (C=O) groups is 1. The Morgan fingerprint density at radius 3 is 2.47 bits per heavy atom. The van der Waals surface area contributed by atoms with Crippen LogP contribution < -0.4 is 14.8 Å². The summed E-state index contributed by atoms with van der Waals surface area (Å²) in [7, 11) is 0. The minimum absolute atomic E-state index is 0.0517. The first-order valence-electron chi connectivity index (χ1n) is 11.1. The Bertz CT molecular complexity index is 1200. The molecule has 0 saturated carbocycles. The molecule has 2 aromatic heterocycles. The average molecular weight is 458 g/mol. The van der Waals surface area contributed by atoms with E-state index in [1.807, 2.05) is 80.6 Å². The van der Waals surface area contributed by atoms with Crippen molar-refractivity contribution in [3.8, 4) is 11.5 Å². The summed E-state index contributed by atoms with van der Waals surface area (Å²) in [5.74, 6) is 2.18. The number of benzene rings is 2. The van der Waals surface area contributed by atoms with E-state index >= 15 is 0 Å². The van der Waals surface area contributed by atoms with Gasteiger partial charge in [-0.3, -0.25) is 9.78 Å². The summed E-state index contributed by atoms with van der Waals surface area (Å²) < 4.78 is 16.8. The molecule has 0 atom stereocenters. The summed E-state index contributed by atoms with van der Waals surface area (Å²) in [4.78, 5) is 16.7. The van der Waals surface area contributed by atoms with Crippen molar-refractivity contribution in [3.05, 3.63) is 107 Å². The van der Waals surface area contributed by atoms with Crippen LogP contribution in [0.3, 0.4) is 0 Å². The summed E-state index contributed by atoms with van der Waals surface area (Å²) in [6.45, 7) is 4.98. The van der Waals surface area contributed by atoms with Gasteiger partial charge >= 0.3 is 0 Å². The maximum absolute atomic E-state index is 12.4. The molecule has 1 amide bonds. The molecule has 2 aromatic carbocycles. The van der Waals surface area contributed by atoms with Gasteiger partial charge in [0.25, 0.3) is 0 Å². The lowest BCUT2D eigenvalue weighted by Gasteiger charge is -2.10. The molecule has 0 saturated heterocycles. The van der Waals surface area contributed by atoms with Crippen molar-refractivity contribution in [3.63, 3.8) is 0 Å². The van der Waals surface area contributed by atoms with Gasteiger partial charge < -0.3 is 19.3 Å². The molecule has 0 radical (unpaired) electrons. The zero-order valence-corrected chi connectivity index (χ0v) is 19.3. The Kier molecular flexibility index (Phi) is 7.55. The van der Waals surface area contributed by atoms with Crippen molar-refractivity contribution in [2.75, 3.05) is 0 Å². The summed E-state index contributed by atoms with van der Waals surface area (Å²) in [5, 5.41) is 6.90. The molecule has 4 aromatic rings. The van der Waals surface area contributed by atoms with Crippen molar-refractivity contribution in [2.45, 2.75) is 40.0 Å². The molecule has 7 heteroatoms. The maximum Gasteiger partial charge on any atom is 0.224 e. The fourth-order valence-electron chi connectivity index (χ4n) is 3.40. The predicted octanol–water partition coefficient (Wildman–Crippen LogP) is 4.70. The second-order valence-corrected chi connectivity index (χ2v) is 7.95. The number of aromatic nitrogens is 2. The number of rotatable bonds is 10. The SMILES string of the molecule is Cc1noc(C)c1COc1ccc(CC(=O)NCc2cccc(OCc3ccccn3)c2)cc1. The van der Waals surface area contributed by atoms with Gasteiger partial charge in [0.1, 0.15) is 30.5 Å². The van der Waals surface area contributed by atoms with Gasteiger partial charge in [-0.25, -0.2) is 0 Å². The van der Waals surface area contributed by atoms with Crippen LogP contribution in [0.4, 0.5) is 0 Å². The molecule has 0 unspecified atom stereocenters. The molecule has 174 valence electrons. The van der Waals surface area contributed by atoms with Gasteiger partial charge in [-0.2, -0.15) is 0 Å². The highest BCUT2D eigenvalue weighted by Gasteiger charge is 2.10. The van der Waals surface area contributed by atoms with Gasteiger partial charge in [-0.15, -0.1) is 0 Å². The van der Waals surface area contributed by atoms with E-state index in [0.717, 1.165) is 45.3 Å². The Morgan fingerprint density at radius 2 is 1.74 bits per heavy atom. The van der Waals surface area contributed by atoms with Gasteiger partial charge in [0, 0.05) is 12.7 Å². The van der Waals surface area contributed by atoms with E-state index < -0.39 is 0 Å². The lowest BCUT2D eigenvalue weighted by molar-refractivity contribution is -0.120. The molecule has 0 aliphatic carbocycles. The number of hydrogen-bond acceptors (Lipinski definition) is 6. The topological polar surface area (TPSA) is 86.5 Å². The number of nitrogens with zero attached hydrogens (tertiary/aromatic N) is 2. The molecule has 0 spiro atoms. The van der Waals surface area contributed by atoms with Gasteiger partial charge in [0.2, 0.25) is 5.91 Å². The normalized spacial score (nSPS) is 10.6. The summed E-state index contributed by atoms with van der Waals surface area (Å²) in [5.41, 5.74) is 4.52. The van der Waals surface area contributed by atoms with Crippen LogP contribution in [0.2, 0.25) is 0 Å². The van der Waals surface area contributed by atoms with Crippen LogP contribution in [0.25, 0.3) is 0 Å². The minimum atomic E-state index is -0.0517. The number of ether oxygens (including phenoxy) is 2. The van der Waals surface area contributed by atoms with E-state index in [1.54, 1.807) is 6.20 Å². The van der Waals surface area contributed by atoms with Crippen LogP contribution >= 0.6 is 0 Å². The molecule has 34 heavy (non-hydrogen) atoms. The Balaban J connectivity index is 1.23. The lowest BCUT2D eigenvalue weighted by Crippen LogP contribution is -2.24. The first-order chi connectivity index (χ1) is 16.6. The van der Waals surface area contributed by atoms with Crippen molar-refractivity contribution in [1.82, 2.24) is 15.5 Å². The quantitative estimate of drug-likeness (QED) is 0.371. The molecule has 2 heterocycles. The first-order valence-corrected chi connectivity index (χ1v) is 11.1. The summed E-state index contributed by atoms with van der Waals surface area (Å²) in [6.07, 6.45) is 2.03. The van der Waals surface area contributed by atoms with Crippen LogP contribution in [0.15, 0.2) is 77.4 Å². The third-order valence-electron chi connectivity index (χ3n) is 5.35. The van der Waals surface area contributed by atoms with Crippen LogP contribution in [0.5, 0.6) is 11.5 Å². The third-order valence-corrected chi connectivity index (χ3v) is 5.35. The molecular formula is C27H27N3O4. The van der Waals surface area contributed by atoms with Crippen LogP contribution in [-0.2, 0) is 31.0 Å². The highest BCUT2D eigenvalue weighted by atomic mass is 16.5. The predicted molar refractivity (Wildman–Crippen MR) is 127 cm³/mol. The number of amides is 1. The highest BCUT2D eigenvalue weighted by molar-refractivity contribution is 5.78. The van der Waals surface area contributed by atoms with Crippen LogP contribution in [-0.4, -0.2) is 16.0 Å². The average Bonchev–Trinajstić information content (AvgIpc) is 3.19. The highest BCUT2D eigenvalue weighted by Crippen LogP contribution is 2.18. The maximum atomic E-state index is 12.4. The van der Waals surface area contributed by atoms with E-state index in [4.69, 9.17) is 14.0 Å². The fraction of sp³-hybridized carbons (Fsp3) is 0.222. The molecule has 1 N–H and O–H groups in total. The second-order valence-electron chi connectivity index (χ2n) is 7.95. The van der Waals surface area contributed by atoms with Gasteiger partial charge in [-0.1, -0.05) is 35.5 Å². The van der Waals surface area contributed by atoms with E-state index in [-0.39, 0.29) is 5.91 Å². The molecule has 0 aliphatic heterocycles. The zero-order valence-electron chi connectivity index (χ0n) is 19.3. The van der Waals surface area contributed by atoms with Crippen molar-refractivity contribution >= 4 is 5.91 Å². The molecule has 4 rings (SSSR count). The number of nitrogens with one attached hydrogen (secondary N) is 1. The first kappa shape index (κ1) is 23.0. The minimum Gasteiger partial charge on any atom is -0.489 e. The van der Waals surface area contributed by atoms with Crippen LogP contribution in [0, 0.1) is 13.8 Å². The molecular weight excluding hydrogens is 430 g/mol. The summed E-state index contributed by atoms with van der Waals surface area (Å²) in [6, 6.07) is 20.9. The monoisotopic (exact) mass is 457 g/mol. The third kappa shape index (κ3) is 6.45. The number of pyridine rings is 1. The Hall–Kier alpha value is -4.13. The van der Waals surface area contributed by atoms with E-state index in [2.05, 4.69) is 15.5 Å². The van der Waals surface area contributed by atoms with Gasteiger partial charge in [0.15, 0.2) is 0 Å². The molecule has 0 bridgehead atoms. The van der Waals surface area contributed by atoms with E-state index in [1.165, 1.54) is 0 Å². The van der Waals surface area contributed by atoms with E-state index in [0.29, 0.717) is 26.2 Å². The van der Waals surface area contributed by atoms with Crippen molar-refractivity contribution < 1.29 is 18.8 Å².